The minimum absolute atomic E-state index is 0.529. The maximum Gasteiger partial charge on any atom is 0.145 e. The molecule has 0 radical (unpaired) electrons. The van der Waals surface area contributed by atoms with Gasteiger partial charge in [0, 0.05) is 22.7 Å². The van der Waals surface area contributed by atoms with Crippen LogP contribution in [0.25, 0.3) is 10.9 Å². The third-order valence-electron chi connectivity index (χ3n) is 5.27. The maximum absolute atomic E-state index is 6.29. The van der Waals surface area contributed by atoms with Crippen molar-refractivity contribution in [3.63, 3.8) is 0 Å². The summed E-state index contributed by atoms with van der Waals surface area (Å²) in [7, 11) is 3.29. The number of hydrogen-bond donors (Lipinski definition) is 2. The third kappa shape index (κ3) is 4.60. The van der Waals surface area contributed by atoms with Gasteiger partial charge in [0.05, 0.1) is 37.4 Å². The van der Waals surface area contributed by atoms with E-state index in [1.165, 1.54) is 6.33 Å². The van der Waals surface area contributed by atoms with Gasteiger partial charge >= 0.3 is 0 Å². The summed E-state index contributed by atoms with van der Waals surface area (Å²) in [5.41, 5.74) is 1.60. The molecule has 0 unspecified atom stereocenters. The van der Waals surface area contributed by atoms with E-state index in [0.717, 1.165) is 52.7 Å². The number of benzene rings is 2. The van der Waals surface area contributed by atoms with Gasteiger partial charge < -0.3 is 24.8 Å². The lowest BCUT2D eigenvalue weighted by atomic mass is 9.99. The van der Waals surface area contributed by atoms with E-state index in [1.54, 1.807) is 14.2 Å². The van der Waals surface area contributed by atoms with Crippen molar-refractivity contribution in [2.24, 2.45) is 5.92 Å². The highest BCUT2D eigenvalue weighted by Crippen LogP contribution is 2.37. The quantitative estimate of drug-likeness (QED) is 0.522. The number of nitrogens with zero attached hydrogens (tertiary/aromatic N) is 2. The monoisotopic (exact) mass is 472 g/mol. The highest BCUT2D eigenvalue weighted by molar-refractivity contribution is 9.10. The second kappa shape index (κ2) is 9.49. The van der Waals surface area contributed by atoms with Gasteiger partial charge in [0.25, 0.3) is 0 Å². The van der Waals surface area contributed by atoms with Crippen molar-refractivity contribution in [1.29, 1.82) is 0 Å². The van der Waals surface area contributed by atoms with Gasteiger partial charge in [-0.3, -0.25) is 0 Å². The molecule has 0 atom stereocenters. The predicted octanol–water partition coefficient (Wildman–Crippen LogP) is 4.53. The average molecular weight is 473 g/mol. The van der Waals surface area contributed by atoms with Crippen molar-refractivity contribution in [3.8, 4) is 17.2 Å². The molecule has 8 heteroatoms. The topological polar surface area (TPSA) is 77.5 Å². The minimum Gasteiger partial charge on any atom is -0.497 e. The van der Waals surface area contributed by atoms with Gasteiger partial charge in [0.15, 0.2) is 0 Å². The molecule has 1 saturated heterocycles. The summed E-state index contributed by atoms with van der Waals surface area (Å²) in [6, 6.07) is 9.53. The molecule has 1 aliphatic rings. The van der Waals surface area contributed by atoms with E-state index >= 15 is 0 Å². The molecule has 2 N–H and O–H groups in total. The fourth-order valence-electron chi connectivity index (χ4n) is 3.57. The van der Waals surface area contributed by atoms with E-state index in [1.807, 2.05) is 30.3 Å². The van der Waals surface area contributed by atoms with Crippen LogP contribution in [0.15, 0.2) is 41.1 Å². The van der Waals surface area contributed by atoms with Crippen LogP contribution in [0.1, 0.15) is 12.8 Å². The zero-order chi connectivity index (χ0) is 20.9. The van der Waals surface area contributed by atoms with Crippen LogP contribution in [0.4, 0.5) is 11.5 Å². The highest BCUT2D eigenvalue weighted by Gasteiger charge is 2.18. The standard InChI is InChI=1S/C22H25BrN4O3/c1-28-15-3-4-17(23)18(9-15)27-22-21-19(25-13-26-22)10-16(29-2)11-20(21)30-12-14-5-7-24-8-6-14/h3-4,9-11,13-14,24H,5-8,12H2,1-2H3,(H,25,26,27). The van der Waals surface area contributed by atoms with Crippen LogP contribution in [-0.4, -0.2) is 43.9 Å². The summed E-state index contributed by atoms with van der Waals surface area (Å²) in [5, 5.41) is 7.61. The van der Waals surface area contributed by atoms with Gasteiger partial charge in [-0.2, -0.15) is 0 Å². The Bertz CT molecular complexity index is 1020. The molecule has 0 spiro atoms. The second-order valence-electron chi connectivity index (χ2n) is 7.22. The van der Waals surface area contributed by atoms with Crippen molar-refractivity contribution < 1.29 is 14.2 Å². The lowest BCUT2D eigenvalue weighted by molar-refractivity contribution is 0.216. The highest BCUT2D eigenvalue weighted by atomic mass is 79.9. The van der Waals surface area contributed by atoms with Gasteiger partial charge in [-0.25, -0.2) is 9.97 Å². The third-order valence-corrected chi connectivity index (χ3v) is 5.96. The number of halogens is 1. The Kier molecular flexibility index (Phi) is 6.54. The number of methoxy groups -OCH3 is 2. The molecule has 0 amide bonds. The first kappa shape index (κ1) is 20.7. The number of hydrogen-bond acceptors (Lipinski definition) is 7. The fourth-order valence-corrected chi connectivity index (χ4v) is 3.91. The van der Waals surface area contributed by atoms with Crippen LogP contribution >= 0.6 is 15.9 Å². The van der Waals surface area contributed by atoms with E-state index in [-0.39, 0.29) is 0 Å². The van der Waals surface area contributed by atoms with Crippen LogP contribution in [-0.2, 0) is 0 Å². The molecule has 0 aliphatic carbocycles. The van der Waals surface area contributed by atoms with Crippen LogP contribution in [0, 0.1) is 5.92 Å². The summed E-state index contributed by atoms with van der Waals surface area (Å²) in [6.07, 6.45) is 3.76. The van der Waals surface area contributed by atoms with E-state index < -0.39 is 0 Å². The number of piperidine rings is 1. The van der Waals surface area contributed by atoms with Crippen molar-refractivity contribution in [2.75, 3.05) is 39.2 Å². The Balaban J connectivity index is 1.71. The maximum atomic E-state index is 6.29. The van der Waals surface area contributed by atoms with Gasteiger partial charge in [-0.05, 0) is 59.9 Å². The molecule has 2 heterocycles. The SMILES string of the molecule is COc1ccc(Br)c(Nc2ncnc3cc(OC)cc(OCC4CCNCC4)c23)c1. The molecule has 1 fully saturated rings. The molecule has 1 aromatic heterocycles. The first-order valence-electron chi connectivity index (χ1n) is 9.94. The summed E-state index contributed by atoms with van der Waals surface area (Å²) in [6.45, 7) is 2.72. The molecule has 30 heavy (non-hydrogen) atoms. The van der Waals surface area contributed by atoms with Crippen molar-refractivity contribution in [2.45, 2.75) is 12.8 Å². The molecular weight excluding hydrogens is 448 g/mol. The van der Waals surface area contributed by atoms with E-state index in [9.17, 15) is 0 Å². The largest absolute Gasteiger partial charge is 0.497 e. The normalized spacial score (nSPS) is 14.5. The van der Waals surface area contributed by atoms with Crippen molar-refractivity contribution in [3.05, 3.63) is 41.1 Å². The summed E-state index contributed by atoms with van der Waals surface area (Å²) < 4.78 is 18.0. The molecule has 7 nitrogen and oxygen atoms in total. The number of ether oxygens (including phenoxy) is 3. The second-order valence-corrected chi connectivity index (χ2v) is 8.07. The molecule has 2 aromatic carbocycles. The fraction of sp³-hybridized carbons (Fsp3) is 0.364. The minimum atomic E-state index is 0.529. The smallest absolute Gasteiger partial charge is 0.145 e. The molecule has 0 saturated carbocycles. The van der Waals surface area contributed by atoms with Gasteiger partial charge in [-0.1, -0.05) is 0 Å². The van der Waals surface area contributed by atoms with E-state index in [2.05, 4.69) is 36.5 Å². The van der Waals surface area contributed by atoms with E-state index in [0.29, 0.717) is 29.8 Å². The zero-order valence-electron chi connectivity index (χ0n) is 17.1. The van der Waals surface area contributed by atoms with Crippen LogP contribution < -0.4 is 24.8 Å². The van der Waals surface area contributed by atoms with Crippen molar-refractivity contribution in [1.82, 2.24) is 15.3 Å². The molecule has 4 rings (SSSR count). The first-order chi connectivity index (χ1) is 14.7. The van der Waals surface area contributed by atoms with Crippen LogP contribution in [0.2, 0.25) is 0 Å². The van der Waals surface area contributed by atoms with Crippen LogP contribution in [0.3, 0.4) is 0 Å². The Labute approximate surface area is 184 Å². The molecule has 158 valence electrons. The Morgan fingerprint density at radius 3 is 2.63 bits per heavy atom. The van der Waals surface area contributed by atoms with Crippen LogP contribution in [0.5, 0.6) is 17.2 Å². The van der Waals surface area contributed by atoms with Gasteiger partial charge in [0.1, 0.15) is 29.4 Å². The average Bonchev–Trinajstić information content (AvgIpc) is 2.79. The first-order valence-corrected chi connectivity index (χ1v) is 10.7. The zero-order valence-corrected chi connectivity index (χ0v) is 18.7. The number of anilines is 2. The summed E-state index contributed by atoms with van der Waals surface area (Å²) >= 11 is 3.59. The molecule has 3 aromatic rings. The number of fused-ring (bicyclic) bond motifs is 1. The summed E-state index contributed by atoms with van der Waals surface area (Å²) in [5.74, 6) is 3.36. The number of rotatable bonds is 7. The number of nitrogens with one attached hydrogen (secondary N) is 2. The van der Waals surface area contributed by atoms with Gasteiger partial charge in [0.2, 0.25) is 0 Å². The Morgan fingerprint density at radius 2 is 1.87 bits per heavy atom. The lowest BCUT2D eigenvalue weighted by Crippen LogP contribution is -2.30. The Hall–Kier alpha value is -2.58. The molecule has 1 aliphatic heterocycles. The Morgan fingerprint density at radius 1 is 1.07 bits per heavy atom. The predicted molar refractivity (Wildman–Crippen MR) is 121 cm³/mol. The van der Waals surface area contributed by atoms with Gasteiger partial charge in [-0.15, -0.1) is 0 Å². The van der Waals surface area contributed by atoms with E-state index in [4.69, 9.17) is 14.2 Å². The molecular formula is C22H25BrN4O3. The lowest BCUT2D eigenvalue weighted by Gasteiger charge is -2.23. The summed E-state index contributed by atoms with van der Waals surface area (Å²) in [4.78, 5) is 8.94. The van der Waals surface area contributed by atoms with Crippen molar-refractivity contribution >= 4 is 38.3 Å². The molecule has 0 bridgehead atoms. The number of aromatic nitrogens is 2.